The SMILES string of the molecule is O=C1CCSCN1Cc1ccccc1. The van der Waals surface area contributed by atoms with Crippen molar-refractivity contribution >= 4 is 17.7 Å². The van der Waals surface area contributed by atoms with E-state index < -0.39 is 0 Å². The van der Waals surface area contributed by atoms with Crippen LogP contribution in [0.3, 0.4) is 0 Å². The highest BCUT2D eigenvalue weighted by Crippen LogP contribution is 2.17. The molecular formula is C11H13NOS. The third kappa shape index (κ3) is 2.29. The summed E-state index contributed by atoms with van der Waals surface area (Å²) >= 11 is 1.83. The summed E-state index contributed by atoms with van der Waals surface area (Å²) in [6.07, 6.45) is 0.692. The van der Waals surface area contributed by atoms with Gasteiger partial charge in [-0.1, -0.05) is 30.3 Å². The van der Waals surface area contributed by atoms with E-state index in [9.17, 15) is 4.79 Å². The van der Waals surface area contributed by atoms with E-state index >= 15 is 0 Å². The molecule has 0 aliphatic carbocycles. The zero-order valence-corrected chi connectivity index (χ0v) is 8.80. The van der Waals surface area contributed by atoms with Gasteiger partial charge >= 0.3 is 0 Å². The van der Waals surface area contributed by atoms with Crippen LogP contribution in [0, 0.1) is 0 Å². The molecule has 1 aromatic carbocycles. The second kappa shape index (κ2) is 4.51. The Bertz CT molecular complexity index is 312. The van der Waals surface area contributed by atoms with Gasteiger partial charge in [-0.15, -0.1) is 11.8 Å². The smallest absolute Gasteiger partial charge is 0.224 e. The van der Waals surface area contributed by atoms with Crippen molar-refractivity contribution in [3.8, 4) is 0 Å². The van der Waals surface area contributed by atoms with Crippen LogP contribution in [0.4, 0.5) is 0 Å². The average molecular weight is 207 g/mol. The third-order valence-corrected chi connectivity index (χ3v) is 3.26. The molecule has 1 aliphatic rings. The van der Waals surface area contributed by atoms with Crippen LogP contribution in [-0.2, 0) is 11.3 Å². The lowest BCUT2D eigenvalue weighted by molar-refractivity contribution is -0.130. The standard InChI is InChI=1S/C11H13NOS/c13-11-6-7-14-9-12(11)8-10-4-2-1-3-5-10/h1-5H,6-9H2. The van der Waals surface area contributed by atoms with E-state index in [0.717, 1.165) is 18.2 Å². The van der Waals surface area contributed by atoms with Crippen molar-refractivity contribution in [1.29, 1.82) is 0 Å². The third-order valence-electron chi connectivity index (χ3n) is 2.28. The van der Waals surface area contributed by atoms with Gasteiger partial charge in [-0.25, -0.2) is 0 Å². The molecule has 1 saturated heterocycles. The zero-order chi connectivity index (χ0) is 9.80. The van der Waals surface area contributed by atoms with E-state index in [1.165, 1.54) is 5.56 Å². The van der Waals surface area contributed by atoms with Gasteiger partial charge in [0.2, 0.25) is 5.91 Å². The second-order valence-electron chi connectivity index (χ2n) is 3.36. The maximum absolute atomic E-state index is 11.5. The van der Waals surface area contributed by atoms with Gasteiger partial charge in [-0.3, -0.25) is 4.79 Å². The first-order chi connectivity index (χ1) is 6.86. The molecule has 2 rings (SSSR count). The molecule has 0 N–H and O–H groups in total. The predicted molar refractivity (Wildman–Crippen MR) is 58.9 cm³/mol. The largest absolute Gasteiger partial charge is 0.329 e. The van der Waals surface area contributed by atoms with Crippen molar-refractivity contribution in [1.82, 2.24) is 4.90 Å². The van der Waals surface area contributed by atoms with Gasteiger partial charge in [-0.2, -0.15) is 0 Å². The van der Waals surface area contributed by atoms with Crippen LogP contribution in [0.15, 0.2) is 30.3 Å². The van der Waals surface area contributed by atoms with E-state index in [1.807, 2.05) is 34.9 Å². The number of amides is 1. The van der Waals surface area contributed by atoms with Gasteiger partial charge in [0.15, 0.2) is 0 Å². The fourth-order valence-electron chi connectivity index (χ4n) is 1.50. The van der Waals surface area contributed by atoms with E-state index in [0.29, 0.717) is 6.42 Å². The molecule has 1 fully saturated rings. The highest BCUT2D eigenvalue weighted by Gasteiger charge is 2.17. The van der Waals surface area contributed by atoms with Gasteiger partial charge in [-0.05, 0) is 5.56 Å². The Morgan fingerprint density at radius 1 is 1.29 bits per heavy atom. The van der Waals surface area contributed by atoms with Crippen molar-refractivity contribution in [3.05, 3.63) is 35.9 Å². The van der Waals surface area contributed by atoms with Gasteiger partial charge in [0.05, 0.1) is 5.88 Å². The van der Waals surface area contributed by atoms with Crippen LogP contribution in [0.25, 0.3) is 0 Å². The van der Waals surface area contributed by atoms with Gasteiger partial charge < -0.3 is 4.90 Å². The maximum Gasteiger partial charge on any atom is 0.224 e. The molecule has 0 atom stereocenters. The summed E-state index contributed by atoms with van der Waals surface area (Å²) in [4.78, 5) is 13.4. The molecule has 1 amide bonds. The van der Waals surface area contributed by atoms with Crippen molar-refractivity contribution in [2.45, 2.75) is 13.0 Å². The number of rotatable bonds is 2. The normalized spacial score (nSPS) is 17.1. The Hall–Kier alpha value is -0.960. The lowest BCUT2D eigenvalue weighted by Crippen LogP contribution is -2.33. The number of hydrogen-bond acceptors (Lipinski definition) is 2. The van der Waals surface area contributed by atoms with Crippen molar-refractivity contribution in [2.24, 2.45) is 0 Å². The highest BCUT2D eigenvalue weighted by molar-refractivity contribution is 7.99. The first-order valence-electron chi connectivity index (χ1n) is 4.76. The molecule has 3 heteroatoms. The highest BCUT2D eigenvalue weighted by atomic mass is 32.2. The molecule has 0 saturated carbocycles. The Kier molecular flexibility index (Phi) is 3.09. The van der Waals surface area contributed by atoms with Crippen LogP contribution < -0.4 is 0 Å². The van der Waals surface area contributed by atoms with Crippen molar-refractivity contribution in [3.63, 3.8) is 0 Å². The Morgan fingerprint density at radius 2 is 2.07 bits per heavy atom. The predicted octanol–water partition coefficient (Wildman–Crippen LogP) is 2.11. The van der Waals surface area contributed by atoms with E-state index in [4.69, 9.17) is 0 Å². The van der Waals surface area contributed by atoms with E-state index in [1.54, 1.807) is 0 Å². The van der Waals surface area contributed by atoms with E-state index in [-0.39, 0.29) is 5.91 Å². The Morgan fingerprint density at radius 3 is 2.79 bits per heavy atom. The Labute approximate surface area is 88.3 Å². The molecule has 1 aromatic rings. The summed E-state index contributed by atoms with van der Waals surface area (Å²) in [5.41, 5.74) is 1.21. The minimum absolute atomic E-state index is 0.285. The summed E-state index contributed by atoms with van der Waals surface area (Å²) < 4.78 is 0. The lowest BCUT2D eigenvalue weighted by atomic mass is 10.2. The van der Waals surface area contributed by atoms with Gasteiger partial charge in [0.25, 0.3) is 0 Å². The van der Waals surface area contributed by atoms with Crippen LogP contribution in [0.5, 0.6) is 0 Å². The molecule has 0 bridgehead atoms. The molecule has 1 heterocycles. The molecule has 0 spiro atoms. The average Bonchev–Trinajstić information content (AvgIpc) is 2.23. The molecule has 74 valence electrons. The Balaban J connectivity index is 2.00. The van der Waals surface area contributed by atoms with Gasteiger partial charge in [0, 0.05) is 18.7 Å². The number of thioether (sulfide) groups is 1. The monoisotopic (exact) mass is 207 g/mol. The number of hydrogen-bond donors (Lipinski definition) is 0. The molecule has 0 aromatic heterocycles. The summed E-state index contributed by atoms with van der Waals surface area (Å²) in [5, 5.41) is 0. The molecular weight excluding hydrogens is 194 g/mol. The summed E-state index contributed by atoms with van der Waals surface area (Å²) in [6, 6.07) is 10.1. The number of benzene rings is 1. The lowest BCUT2D eigenvalue weighted by Gasteiger charge is -2.26. The fraction of sp³-hybridized carbons (Fsp3) is 0.364. The first-order valence-corrected chi connectivity index (χ1v) is 5.91. The first kappa shape index (κ1) is 9.59. The molecule has 14 heavy (non-hydrogen) atoms. The molecule has 0 radical (unpaired) electrons. The number of carbonyl (C=O) groups excluding carboxylic acids is 1. The van der Waals surface area contributed by atoms with Crippen molar-refractivity contribution < 1.29 is 4.79 Å². The minimum Gasteiger partial charge on any atom is -0.329 e. The zero-order valence-electron chi connectivity index (χ0n) is 7.98. The van der Waals surface area contributed by atoms with E-state index in [2.05, 4.69) is 12.1 Å². The summed E-state index contributed by atoms with van der Waals surface area (Å²) in [5.74, 6) is 2.10. The number of nitrogens with zero attached hydrogens (tertiary/aromatic N) is 1. The topological polar surface area (TPSA) is 20.3 Å². The maximum atomic E-state index is 11.5. The molecule has 0 unspecified atom stereocenters. The van der Waals surface area contributed by atoms with Crippen molar-refractivity contribution in [2.75, 3.05) is 11.6 Å². The molecule has 2 nitrogen and oxygen atoms in total. The quantitative estimate of drug-likeness (QED) is 0.740. The summed E-state index contributed by atoms with van der Waals surface area (Å²) in [7, 11) is 0. The van der Waals surface area contributed by atoms with Crippen LogP contribution >= 0.6 is 11.8 Å². The minimum atomic E-state index is 0.285. The molecule has 1 aliphatic heterocycles. The fourth-order valence-corrected chi connectivity index (χ4v) is 2.41. The van der Waals surface area contributed by atoms with Gasteiger partial charge in [0.1, 0.15) is 0 Å². The second-order valence-corrected chi connectivity index (χ2v) is 4.44. The number of carbonyl (C=O) groups is 1. The summed E-state index contributed by atoms with van der Waals surface area (Å²) in [6.45, 7) is 0.757. The van der Waals surface area contributed by atoms with Crippen LogP contribution in [0.1, 0.15) is 12.0 Å². The van der Waals surface area contributed by atoms with Crippen LogP contribution in [0.2, 0.25) is 0 Å². The van der Waals surface area contributed by atoms with Crippen LogP contribution in [-0.4, -0.2) is 22.4 Å².